The summed E-state index contributed by atoms with van der Waals surface area (Å²) in [7, 11) is 1.43. The number of aliphatic imine (C=N–C) groups is 1. The Kier molecular flexibility index (Phi) is 4.62. The van der Waals surface area contributed by atoms with Crippen molar-refractivity contribution in [2.75, 3.05) is 7.11 Å². The summed E-state index contributed by atoms with van der Waals surface area (Å²) >= 11 is 0. The van der Waals surface area contributed by atoms with Crippen molar-refractivity contribution in [3.63, 3.8) is 0 Å². The maximum absolute atomic E-state index is 12.8. The van der Waals surface area contributed by atoms with Crippen LogP contribution >= 0.6 is 0 Å². The molecule has 0 spiro atoms. The lowest BCUT2D eigenvalue weighted by atomic mass is 9.75. The largest absolute Gasteiger partial charge is 0.467 e. The highest BCUT2D eigenvalue weighted by atomic mass is 16.5. The van der Waals surface area contributed by atoms with Crippen LogP contribution in [0.2, 0.25) is 0 Å². The Morgan fingerprint density at radius 2 is 1.56 bits per heavy atom. The van der Waals surface area contributed by atoms with Crippen LogP contribution in [-0.2, 0) is 22.5 Å². The number of hydrogen-bond donors (Lipinski definition) is 0. The first kappa shape index (κ1) is 17.2. The number of rotatable bonds is 5. The zero-order valence-electron chi connectivity index (χ0n) is 15.0. The average molecular weight is 336 g/mol. The standard InChI is InChI=1S/C21H24N2O2/c1-20(2)21(19(24)25-3,14-17-10-6-4-7-11-17)22-16-23(20)15-18-12-8-5-9-13-18/h4-13,16H,14-15H2,1-3H3. The number of carbonyl (C=O) groups excluding carboxylic acids is 1. The normalized spacial score (nSPS) is 21.3. The molecule has 0 aromatic heterocycles. The van der Waals surface area contributed by atoms with Gasteiger partial charge in [-0.1, -0.05) is 60.7 Å². The molecule has 2 aromatic rings. The molecular formula is C21H24N2O2. The van der Waals surface area contributed by atoms with Gasteiger partial charge in [-0.2, -0.15) is 0 Å². The van der Waals surface area contributed by atoms with Gasteiger partial charge in [-0.15, -0.1) is 0 Å². The van der Waals surface area contributed by atoms with Crippen LogP contribution in [-0.4, -0.2) is 35.4 Å². The Bertz CT molecular complexity index is 756. The molecule has 0 aliphatic carbocycles. The lowest BCUT2D eigenvalue weighted by Gasteiger charge is -2.42. The predicted molar refractivity (Wildman–Crippen MR) is 99.4 cm³/mol. The maximum atomic E-state index is 12.8. The van der Waals surface area contributed by atoms with Crippen molar-refractivity contribution in [2.45, 2.75) is 37.9 Å². The van der Waals surface area contributed by atoms with Crippen molar-refractivity contribution >= 4 is 12.3 Å². The molecule has 25 heavy (non-hydrogen) atoms. The summed E-state index contributed by atoms with van der Waals surface area (Å²) in [6, 6.07) is 20.2. The molecule has 0 saturated carbocycles. The fourth-order valence-electron chi connectivity index (χ4n) is 3.42. The van der Waals surface area contributed by atoms with Gasteiger partial charge in [-0.3, -0.25) is 4.99 Å². The SMILES string of the molecule is COC(=O)C1(Cc2ccccc2)N=CN(Cc2ccccc2)C1(C)C. The monoisotopic (exact) mass is 336 g/mol. The fraction of sp³-hybridized carbons (Fsp3) is 0.333. The Morgan fingerprint density at radius 1 is 1.00 bits per heavy atom. The third-order valence-corrected chi connectivity index (χ3v) is 5.17. The molecule has 0 fully saturated rings. The van der Waals surface area contributed by atoms with Crippen molar-refractivity contribution < 1.29 is 9.53 Å². The summed E-state index contributed by atoms with van der Waals surface area (Å²) in [6.45, 7) is 4.82. The van der Waals surface area contributed by atoms with Crippen LogP contribution in [0.3, 0.4) is 0 Å². The van der Waals surface area contributed by atoms with Crippen LogP contribution in [0.1, 0.15) is 25.0 Å². The summed E-state index contributed by atoms with van der Waals surface area (Å²) in [4.78, 5) is 19.6. The number of hydrogen-bond acceptors (Lipinski definition) is 4. The van der Waals surface area contributed by atoms with Crippen molar-refractivity contribution in [3.05, 3.63) is 71.8 Å². The molecule has 1 heterocycles. The number of ether oxygens (including phenoxy) is 1. The number of benzene rings is 2. The van der Waals surface area contributed by atoms with E-state index < -0.39 is 11.1 Å². The molecule has 4 nitrogen and oxygen atoms in total. The van der Waals surface area contributed by atoms with E-state index in [9.17, 15) is 4.79 Å². The van der Waals surface area contributed by atoms with Gasteiger partial charge < -0.3 is 9.64 Å². The van der Waals surface area contributed by atoms with Gasteiger partial charge in [0.1, 0.15) is 0 Å². The number of methoxy groups -OCH3 is 1. The van der Waals surface area contributed by atoms with Gasteiger partial charge in [-0.25, -0.2) is 4.79 Å². The average Bonchev–Trinajstić information content (AvgIpc) is 2.88. The zero-order valence-corrected chi connectivity index (χ0v) is 15.0. The Balaban J connectivity index is 1.93. The number of nitrogens with zero attached hydrogens (tertiary/aromatic N) is 2. The quantitative estimate of drug-likeness (QED) is 0.785. The van der Waals surface area contributed by atoms with Crippen LogP contribution in [0.4, 0.5) is 0 Å². The second-order valence-electron chi connectivity index (χ2n) is 6.93. The smallest absolute Gasteiger partial charge is 0.336 e. The predicted octanol–water partition coefficient (Wildman–Crippen LogP) is 3.46. The van der Waals surface area contributed by atoms with Gasteiger partial charge in [0.05, 0.1) is 19.0 Å². The minimum Gasteiger partial charge on any atom is -0.467 e. The van der Waals surface area contributed by atoms with Crippen molar-refractivity contribution in [1.82, 2.24) is 4.90 Å². The molecule has 0 radical (unpaired) electrons. The molecule has 0 saturated heterocycles. The first-order valence-corrected chi connectivity index (χ1v) is 8.48. The molecule has 130 valence electrons. The summed E-state index contributed by atoms with van der Waals surface area (Å²) in [5.74, 6) is -0.298. The van der Waals surface area contributed by atoms with E-state index in [1.807, 2.05) is 48.5 Å². The minimum absolute atomic E-state index is 0.298. The summed E-state index contributed by atoms with van der Waals surface area (Å²) in [5, 5.41) is 0. The minimum atomic E-state index is -0.960. The second-order valence-corrected chi connectivity index (χ2v) is 6.93. The van der Waals surface area contributed by atoms with E-state index >= 15 is 0 Å². The van der Waals surface area contributed by atoms with E-state index in [0.29, 0.717) is 13.0 Å². The van der Waals surface area contributed by atoms with Crippen molar-refractivity contribution in [2.24, 2.45) is 4.99 Å². The molecule has 1 unspecified atom stereocenters. The zero-order chi connectivity index (χ0) is 17.9. The van der Waals surface area contributed by atoms with E-state index in [-0.39, 0.29) is 5.97 Å². The van der Waals surface area contributed by atoms with Crippen LogP contribution in [0, 0.1) is 0 Å². The fourth-order valence-corrected chi connectivity index (χ4v) is 3.42. The van der Waals surface area contributed by atoms with Crippen LogP contribution in [0.25, 0.3) is 0 Å². The molecule has 4 heteroatoms. The third-order valence-electron chi connectivity index (χ3n) is 5.17. The third kappa shape index (κ3) is 3.04. The first-order chi connectivity index (χ1) is 12.0. The van der Waals surface area contributed by atoms with E-state index in [0.717, 1.165) is 5.56 Å². The van der Waals surface area contributed by atoms with Gasteiger partial charge in [0.2, 0.25) is 0 Å². The van der Waals surface area contributed by atoms with Gasteiger partial charge in [0.25, 0.3) is 0 Å². The highest BCUT2D eigenvalue weighted by molar-refractivity contribution is 5.88. The summed E-state index contributed by atoms with van der Waals surface area (Å²) in [5.41, 5.74) is 0.783. The lowest BCUT2D eigenvalue weighted by molar-refractivity contribution is -0.150. The first-order valence-electron chi connectivity index (χ1n) is 8.48. The second kappa shape index (κ2) is 6.71. The Hall–Kier alpha value is -2.62. The topological polar surface area (TPSA) is 41.9 Å². The van der Waals surface area contributed by atoms with Crippen molar-refractivity contribution in [3.8, 4) is 0 Å². The molecule has 0 N–H and O–H groups in total. The maximum Gasteiger partial charge on any atom is 0.336 e. The van der Waals surface area contributed by atoms with E-state index in [4.69, 9.17) is 4.74 Å². The Labute approximate surface area is 149 Å². The van der Waals surface area contributed by atoms with Gasteiger partial charge in [0, 0.05) is 13.0 Å². The Morgan fingerprint density at radius 3 is 2.12 bits per heavy atom. The van der Waals surface area contributed by atoms with E-state index in [2.05, 4.69) is 35.9 Å². The van der Waals surface area contributed by atoms with Gasteiger partial charge in [-0.05, 0) is 25.0 Å². The van der Waals surface area contributed by atoms with Gasteiger partial charge in [0.15, 0.2) is 5.54 Å². The molecular weight excluding hydrogens is 312 g/mol. The molecule has 3 rings (SSSR count). The number of esters is 1. The van der Waals surface area contributed by atoms with Gasteiger partial charge >= 0.3 is 5.97 Å². The molecule has 2 aromatic carbocycles. The molecule has 1 atom stereocenters. The molecule has 1 aliphatic rings. The number of carbonyl (C=O) groups is 1. The van der Waals surface area contributed by atoms with E-state index in [1.165, 1.54) is 12.7 Å². The summed E-state index contributed by atoms with van der Waals surface area (Å²) in [6.07, 6.45) is 2.31. The van der Waals surface area contributed by atoms with Crippen molar-refractivity contribution in [1.29, 1.82) is 0 Å². The summed E-state index contributed by atoms with van der Waals surface area (Å²) < 4.78 is 5.16. The lowest BCUT2D eigenvalue weighted by Crippen LogP contribution is -2.60. The van der Waals surface area contributed by atoms with Crippen LogP contribution in [0.5, 0.6) is 0 Å². The van der Waals surface area contributed by atoms with Crippen LogP contribution < -0.4 is 0 Å². The van der Waals surface area contributed by atoms with Crippen LogP contribution in [0.15, 0.2) is 65.7 Å². The van der Waals surface area contributed by atoms with E-state index in [1.54, 1.807) is 6.34 Å². The molecule has 0 bridgehead atoms. The molecule has 0 amide bonds. The highest BCUT2D eigenvalue weighted by Gasteiger charge is 2.57. The highest BCUT2D eigenvalue weighted by Crippen LogP contribution is 2.40. The molecule has 1 aliphatic heterocycles.